The maximum atomic E-state index is 5.07. The first-order chi connectivity index (χ1) is 3.95. The summed E-state index contributed by atoms with van der Waals surface area (Å²) >= 11 is 0. The Bertz CT molecular complexity index is 121. The molecule has 3 nitrogen and oxygen atoms in total. The molecule has 0 spiro atoms. The Morgan fingerprint density at radius 3 is 3.12 bits per heavy atom. The first-order valence-electron chi connectivity index (χ1n) is 2.59. The molecule has 0 saturated carbocycles. The first-order valence-corrected chi connectivity index (χ1v) is 2.59. The lowest BCUT2D eigenvalue weighted by Crippen LogP contribution is -2.12. The molecule has 2 atom stereocenters. The molecule has 1 fully saturated rings. The van der Waals surface area contributed by atoms with Crippen LogP contribution >= 0.6 is 0 Å². The lowest BCUT2D eigenvalue weighted by atomic mass is 10.3. The van der Waals surface area contributed by atoms with Crippen molar-refractivity contribution >= 4 is 0 Å². The largest absolute Gasteiger partial charge is 0.314 e. The monoisotopic (exact) mass is 114 g/mol. The fourth-order valence-corrected chi connectivity index (χ4v) is 0.785. The molecule has 0 aliphatic carbocycles. The van der Waals surface area contributed by atoms with Gasteiger partial charge in [-0.2, -0.15) is 4.89 Å². The smallest absolute Gasteiger partial charge is 0.213 e. The van der Waals surface area contributed by atoms with E-state index in [0.717, 1.165) is 6.42 Å². The molecule has 0 unspecified atom stereocenters. The second-order valence-corrected chi connectivity index (χ2v) is 1.79. The van der Waals surface area contributed by atoms with Gasteiger partial charge in [-0.05, 0) is 6.08 Å². The third-order valence-corrected chi connectivity index (χ3v) is 1.17. The molecule has 0 aromatic heterocycles. The molecule has 0 aromatic carbocycles. The van der Waals surface area contributed by atoms with Gasteiger partial charge < -0.3 is 4.74 Å². The van der Waals surface area contributed by atoms with Crippen molar-refractivity contribution in [1.82, 2.24) is 0 Å². The van der Waals surface area contributed by atoms with Gasteiger partial charge in [-0.25, -0.2) is 4.89 Å². The van der Waals surface area contributed by atoms with E-state index in [9.17, 15) is 0 Å². The molecule has 2 aliphatic heterocycles. The highest BCUT2D eigenvalue weighted by Gasteiger charge is 2.27. The van der Waals surface area contributed by atoms with Gasteiger partial charge in [0.15, 0.2) is 6.29 Å². The van der Waals surface area contributed by atoms with Gasteiger partial charge in [0.2, 0.25) is 6.29 Å². The van der Waals surface area contributed by atoms with E-state index in [1.54, 1.807) is 0 Å². The quantitative estimate of drug-likeness (QED) is 0.340. The van der Waals surface area contributed by atoms with Crippen LogP contribution in [0, 0.1) is 0 Å². The van der Waals surface area contributed by atoms with Gasteiger partial charge in [-0.3, -0.25) is 0 Å². The second kappa shape index (κ2) is 1.55. The van der Waals surface area contributed by atoms with E-state index in [1.165, 1.54) is 0 Å². The number of ether oxygens (including phenoxy) is 1. The third-order valence-electron chi connectivity index (χ3n) is 1.17. The first kappa shape index (κ1) is 4.49. The number of hydrogen-bond donors (Lipinski definition) is 0. The summed E-state index contributed by atoms with van der Waals surface area (Å²) in [5.74, 6) is 0. The second-order valence-electron chi connectivity index (χ2n) is 1.79. The van der Waals surface area contributed by atoms with Crippen molar-refractivity contribution in [2.24, 2.45) is 0 Å². The van der Waals surface area contributed by atoms with Crippen LogP contribution in [0.1, 0.15) is 6.42 Å². The Labute approximate surface area is 46.8 Å². The Hall–Kier alpha value is -0.380. The van der Waals surface area contributed by atoms with Crippen molar-refractivity contribution in [3.63, 3.8) is 0 Å². The van der Waals surface area contributed by atoms with Crippen LogP contribution in [0.25, 0.3) is 0 Å². The molecule has 1 saturated heterocycles. The Balaban J connectivity index is 2.17. The van der Waals surface area contributed by atoms with Crippen molar-refractivity contribution in [3.8, 4) is 0 Å². The predicted octanol–water partition coefficient (Wildman–Crippen LogP) is 0.577. The van der Waals surface area contributed by atoms with E-state index < -0.39 is 0 Å². The summed E-state index contributed by atoms with van der Waals surface area (Å²) in [6, 6.07) is 0. The maximum absolute atomic E-state index is 5.07. The molecule has 8 heavy (non-hydrogen) atoms. The van der Waals surface area contributed by atoms with E-state index in [4.69, 9.17) is 9.62 Å². The van der Waals surface area contributed by atoms with E-state index >= 15 is 0 Å². The number of fused-ring (bicyclic) bond motifs is 2. The number of hydrogen-bond acceptors (Lipinski definition) is 3. The van der Waals surface area contributed by atoms with Crippen molar-refractivity contribution in [2.75, 3.05) is 0 Å². The van der Waals surface area contributed by atoms with Gasteiger partial charge in [-0.1, -0.05) is 6.08 Å². The van der Waals surface area contributed by atoms with Gasteiger partial charge in [-0.15, -0.1) is 0 Å². The Kier molecular flexibility index (Phi) is 0.870. The van der Waals surface area contributed by atoms with Gasteiger partial charge in [0, 0.05) is 6.42 Å². The highest BCUT2D eigenvalue weighted by atomic mass is 17.3. The maximum Gasteiger partial charge on any atom is 0.213 e. The Morgan fingerprint density at radius 2 is 2.38 bits per heavy atom. The molecule has 0 radical (unpaired) electrons. The molecule has 2 heterocycles. The standard InChI is InChI=1S/C5H6O3/c1-2-4-6-5(3-1)8-7-4/h1-2,4-5H,3H2/t4-,5+/m1/s1. The van der Waals surface area contributed by atoms with E-state index in [1.807, 2.05) is 12.2 Å². The summed E-state index contributed by atoms with van der Waals surface area (Å²) in [6.07, 6.45) is 4.24. The zero-order valence-corrected chi connectivity index (χ0v) is 4.24. The molecule has 44 valence electrons. The lowest BCUT2D eigenvalue weighted by molar-refractivity contribution is -0.285. The van der Waals surface area contributed by atoms with E-state index in [0.29, 0.717) is 0 Å². The molecule has 0 N–H and O–H groups in total. The summed E-state index contributed by atoms with van der Waals surface area (Å²) in [5, 5.41) is 0. The summed E-state index contributed by atoms with van der Waals surface area (Å²) < 4.78 is 5.07. The summed E-state index contributed by atoms with van der Waals surface area (Å²) in [5.41, 5.74) is 0. The Morgan fingerprint density at radius 1 is 1.38 bits per heavy atom. The van der Waals surface area contributed by atoms with Crippen LogP contribution in [0.4, 0.5) is 0 Å². The summed E-state index contributed by atoms with van der Waals surface area (Å²) in [7, 11) is 0. The highest BCUT2D eigenvalue weighted by Crippen LogP contribution is 2.21. The molecule has 2 aliphatic rings. The minimum absolute atomic E-state index is 0.148. The van der Waals surface area contributed by atoms with Gasteiger partial charge in [0.25, 0.3) is 0 Å². The molecular formula is C5H6O3. The SMILES string of the molecule is C1=C[C@H]2OO[C@@H](C1)O2. The van der Waals surface area contributed by atoms with Gasteiger partial charge in [0.05, 0.1) is 0 Å². The third kappa shape index (κ3) is 0.561. The van der Waals surface area contributed by atoms with Gasteiger partial charge >= 0.3 is 0 Å². The molecule has 2 bridgehead atoms. The van der Waals surface area contributed by atoms with Crippen LogP contribution in [-0.4, -0.2) is 12.6 Å². The normalized spacial score (nSPS) is 43.0. The molecule has 0 aromatic rings. The van der Waals surface area contributed by atoms with Crippen LogP contribution in [0.2, 0.25) is 0 Å². The fraction of sp³-hybridized carbons (Fsp3) is 0.600. The van der Waals surface area contributed by atoms with Crippen LogP contribution in [0.15, 0.2) is 12.2 Å². The van der Waals surface area contributed by atoms with Crippen molar-refractivity contribution < 1.29 is 14.5 Å². The highest BCUT2D eigenvalue weighted by molar-refractivity contribution is 4.91. The minimum Gasteiger partial charge on any atom is -0.314 e. The van der Waals surface area contributed by atoms with Crippen molar-refractivity contribution in [3.05, 3.63) is 12.2 Å². The molecule has 3 heteroatoms. The van der Waals surface area contributed by atoms with Crippen LogP contribution in [0.3, 0.4) is 0 Å². The molecule has 0 amide bonds. The van der Waals surface area contributed by atoms with Gasteiger partial charge in [0.1, 0.15) is 0 Å². The minimum atomic E-state index is -0.242. The average Bonchev–Trinajstić information content (AvgIpc) is 2.12. The number of rotatable bonds is 0. The average molecular weight is 114 g/mol. The topological polar surface area (TPSA) is 27.7 Å². The predicted molar refractivity (Wildman–Crippen MR) is 24.6 cm³/mol. The zero-order chi connectivity index (χ0) is 5.40. The lowest BCUT2D eigenvalue weighted by Gasteiger charge is -2.06. The van der Waals surface area contributed by atoms with Crippen molar-refractivity contribution in [2.45, 2.75) is 19.0 Å². The fourth-order valence-electron chi connectivity index (χ4n) is 0.785. The van der Waals surface area contributed by atoms with Crippen LogP contribution in [0.5, 0.6) is 0 Å². The van der Waals surface area contributed by atoms with Crippen LogP contribution in [-0.2, 0) is 14.5 Å². The molecular weight excluding hydrogens is 108 g/mol. The van der Waals surface area contributed by atoms with Crippen molar-refractivity contribution in [1.29, 1.82) is 0 Å². The molecule has 2 rings (SSSR count). The van der Waals surface area contributed by atoms with E-state index in [2.05, 4.69) is 4.89 Å². The van der Waals surface area contributed by atoms with Crippen LogP contribution < -0.4 is 0 Å². The zero-order valence-electron chi connectivity index (χ0n) is 4.24. The summed E-state index contributed by atoms with van der Waals surface area (Å²) in [4.78, 5) is 9.36. The van der Waals surface area contributed by atoms with E-state index in [-0.39, 0.29) is 12.6 Å². The summed E-state index contributed by atoms with van der Waals surface area (Å²) in [6.45, 7) is 0.